The first-order chi connectivity index (χ1) is 8.64. The lowest BCUT2D eigenvalue weighted by Gasteiger charge is -2.40. The van der Waals surface area contributed by atoms with Gasteiger partial charge < -0.3 is 15.2 Å². The molecule has 0 radical (unpaired) electrons. The van der Waals surface area contributed by atoms with E-state index < -0.39 is 0 Å². The number of hydrogen-bond acceptors (Lipinski definition) is 3. The van der Waals surface area contributed by atoms with Crippen molar-refractivity contribution in [1.29, 1.82) is 0 Å². The molecule has 2 rings (SSSR count). The summed E-state index contributed by atoms with van der Waals surface area (Å²) in [6.07, 6.45) is 2.86. The largest absolute Gasteiger partial charge is 0.494 e. The third-order valence-electron chi connectivity index (χ3n) is 3.90. The summed E-state index contributed by atoms with van der Waals surface area (Å²) >= 11 is 0. The minimum atomic E-state index is -0.0977. The van der Waals surface area contributed by atoms with Gasteiger partial charge in [0.15, 0.2) is 0 Å². The standard InChI is InChI=1S/C15H23NO2/c1-4-15(5-2)10-13(16)12-9-11(17-6-3)7-8-14(12)18-15/h7-9,13H,4-6,10,16H2,1-3H3. The fourth-order valence-corrected chi connectivity index (χ4v) is 2.63. The van der Waals surface area contributed by atoms with E-state index in [9.17, 15) is 0 Å². The molecule has 3 heteroatoms. The second kappa shape index (κ2) is 5.19. The van der Waals surface area contributed by atoms with Gasteiger partial charge in [-0.1, -0.05) is 13.8 Å². The first-order valence-corrected chi connectivity index (χ1v) is 6.85. The first-order valence-electron chi connectivity index (χ1n) is 6.85. The monoisotopic (exact) mass is 249 g/mol. The maximum atomic E-state index is 6.30. The van der Waals surface area contributed by atoms with Crippen LogP contribution >= 0.6 is 0 Å². The molecule has 1 aromatic carbocycles. The Labute approximate surface area is 109 Å². The van der Waals surface area contributed by atoms with E-state index in [1.165, 1.54) is 0 Å². The normalized spacial score (nSPS) is 21.0. The van der Waals surface area contributed by atoms with Crippen molar-refractivity contribution in [2.75, 3.05) is 6.61 Å². The number of nitrogens with two attached hydrogens (primary N) is 1. The fraction of sp³-hybridized carbons (Fsp3) is 0.600. The Kier molecular flexibility index (Phi) is 3.81. The summed E-state index contributed by atoms with van der Waals surface area (Å²) in [5, 5.41) is 0. The Balaban J connectivity index is 2.32. The van der Waals surface area contributed by atoms with E-state index in [2.05, 4.69) is 13.8 Å². The molecule has 0 fully saturated rings. The van der Waals surface area contributed by atoms with E-state index in [-0.39, 0.29) is 11.6 Å². The van der Waals surface area contributed by atoms with E-state index in [1.54, 1.807) is 0 Å². The zero-order chi connectivity index (χ0) is 13.2. The van der Waals surface area contributed by atoms with Crippen LogP contribution in [-0.2, 0) is 0 Å². The third-order valence-corrected chi connectivity index (χ3v) is 3.90. The van der Waals surface area contributed by atoms with E-state index in [0.717, 1.165) is 36.3 Å². The molecule has 1 aliphatic heterocycles. The van der Waals surface area contributed by atoms with Crippen molar-refractivity contribution in [3.05, 3.63) is 23.8 Å². The van der Waals surface area contributed by atoms with Gasteiger partial charge in [0.25, 0.3) is 0 Å². The van der Waals surface area contributed by atoms with Crippen molar-refractivity contribution in [2.24, 2.45) is 5.73 Å². The van der Waals surface area contributed by atoms with Crippen LogP contribution in [0.2, 0.25) is 0 Å². The predicted octanol–water partition coefficient (Wildman–Crippen LogP) is 3.43. The van der Waals surface area contributed by atoms with Crippen LogP contribution in [0.15, 0.2) is 18.2 Å². The molecule has 0 aromatic heterocycles. The predicted molar refractivity (Wildman–Crippen MR) is 73.1 cm³/mol. The van der Waals surface area contributed by atoms with Crippen molar-refractivity contribution in [1.82, 2.24) is 0 Å². The van der Waals surface area contributed by atoms with Gasteiger partial charge in [-0.25, -0.2) is 0 Å². The summed E-state index contributed by atoms with van der Waals surface area (Å²) in [5.74, 6) is 1.79. The molecule has 0 aliphatic carbocycles. The summed E-state index contributed by atoms with van der Waals surface area (Å²) in [6.45, 7) is 6.98. The van der Waals surface area contributed by atoms with Gasteiger partial charge in [0.2, 0.25) is 0 Å². The molecule has 1 aromatic rings. The molecular weight excluding hydrogens is 226 g/mol. The average molecular weight is 249 g/mol. The zero-order valence-electron chi connectivity index (χ0n) is 11.5. The minimum Gasteiger partial charge on any atom is -0.494 e. The fourth-order valence-electron chi connectivity index (χ4n) is 2.63. The van der Waals surface area contributed by atoms with Crippen molar-refractivity contribution < 1.29 is 9.47 Å². The van der Waals surface area contributed by atoms with Crippen LogP contribution in [0.4, 0.5) is 0 Å². The summed E-state index contributed by atoms with van der Waals surface area (Å²) in [5.41, 5.74) is 7.27. The van der Waals surface area contributed by atoms with Crippen LogP contribution in [0, 0.1) is 0 Å². The van der Waals surface area contributed by atoms with E-state index >= 15 is 0 Å². The Morgan fingerprint density at radius 3 is 2.67 bits per heavy atom. The lowest BCUT2D eigenvalue weighted by molar-refractivity contribution is 0.0281. The van der Waals surface area contributed by atoms with Gasteiger partial charge >= 0.3 is 0 Å². The van der Waals surface area contributed by atoms with Crippen LogP contribution < -0.4 is 15.2 Å². The van der Waals surface area contributed by atoms with E-state index in [0.29, 0.717) is 6.61 Å². The highest BCUT2D eigenvalue weighted by molar-refractivity contribution is 5.44. The number of fused-ring (bicyclic) bond motifs is 1. The number of hydrogen-bond donors (Lipinski definition) is 1. The molecule has 0 amide bonds. The van der Waals surface area contributed by atoms with Crippen LogP contribution in [-0.4, -0.2) is 12.2 Å². The molecule has 3 nitrogen and oxygen atoms in total. The Morgan fingerprint density at radius 1 is 1.33 bits per heavy atom. The van der Waals surface area contributed by atoms with Gasteiger partial charge in [0, 0.05) is 18.0 Å². The number of rotatable bonds is 4. The van der Waals surface area contributed by atoms with Crippen LogP contribution in [0.5, 0.6) is 11.5 Å². The average Bonchev–Trinajstić information content (AvgIpc) is 2.39. The maximum Gasteiger partial charge on any atom is 0.125 e. The molecule has 1 unspecified atom stereocenters. The van der Waals surface area contributed by atoms with Gasteiger partial charge in [-0.15, -0.1) is 0 Å². The van der Waals surface area contributed by atoms with Crippen molar-refractivity contribution in [3.63, 3.8) is 0 Å². The highest BCUT2D eigenvalue weighted by atomic mass is 16.5. The van der Waals surface area contributed by atoms with Crippen LogP contribution in [0.1, 0.15) is 51.6 Å². The summed E-state index contributed by atoms with van der Waals surface area (Å²) < 4.78 is 11.7. The molecule has 1 atom stereocenters. The zero-order valence-corrected chi connectivity index (χ0v) is 11.5. The maximum absolute atomic E-state index is 6.30. The number of ether oxygens (including phenoxy) is 2. The topological polar surface area (TPSA) is 44.5 Å². The minimum absolute atomic E-state index is 0.0362. The smallest absolute Gasteiger partial charge is 0.125 e. The van der Waals surface area contributed by atoms with Gasteiger partial charge in [-0.3, -0.25) is 0 Å². The number of benzene rings is 1. The van der Waals surface area contributed by atoms with Crippen LogP contribution in [0.25, 0.3) is 0 Å². The third kappa shape index (κ3) is 2.32. The van der Waals surface area contributed by atoms with Crippen molar-refractivity contribution >= 4 is 0 Å². The second-order valence-electron chi connectivity index (χ2n) is 4.94. The molecule has 0 saturated heterocycles. The first kappa shape index (κ1) is 13.2. The molecule has 1 aliphatic rings. The summed E-state index contributed by atoms with van der Waals surface area (Å²) in [4.78, 5) is 0. The van der Waals surface area contributed by atoms with Crippen molar-refractivity contribution in [2.45, 2.75) is 51.7 Å². The van der Waals surface area contributed by atoms with Crippen LogP contribution in [0.3, 0.4) is 0 Å². The molecule has 2 N–H and O–H groups in total. The lowest BCUT2D eigenvalue weighted by Crippen LogP contribution is -2.41. The van der Waals surface area contributed by atoms with Crippen molar-refractivity contribution in [3.8, 4) is 11.5 Å². The van der Waals surface area contributed by atoms with E-state index in [1.807, 2.05) is 25.1 Å². The quantitative estimate of drug-likeness (QED) is 0.889. The highest BCUT2D eigenvalue weighted by Gasteiger charge is 2.37. The Morgan fingerprint density at radius 2 is 2.06 bits per heavy atom. The molecule has 0 spiro atoms. The van der Waals surface area contributed by atoms with Gasteiger partial charge in [-0.05, 0) is 38.0 Å². The molecule has 0 bridgehead atoms. The molecular formula is C15H23NO2. The lowest BCUT2D eigenvalue weighted by atomic mass is 9.84. The van der Waals surface area contributed by atoms with E-state index in [4.69, 9.17) is 15.2 Å². The second-order valence-corrected chi connectivity index (χ2v) is 4.94. The highest BCUT2D eigenvalue weighted by Crippen LogP contribution is 2.42. The van der Waals surface area contributed by atoms with Gasteiger partial charge in [-0.2, -0.15) is 0 Å². The molecule has 100 valence electrons. The molecule has 18 heavy (non-hydrogen) atoms. The van der Waals surface area contributed by atoms with Gasteiger partial charge in [0.05, 0.1) is 6.61 Å². The summed E-state index contributed by atoms with van der Waals surface area (Å²) in [7, 11) is 0. The summed E-state index contributed by atoms with van der Waals surface area (Å²) in [6, 6.07) is 5.99. The van der Waals surface area contributed by atoms with Gasteiger partial charge in [0.1, 0.15) is 17.1 Å². The molecule has 1 heterocycles. The Bertz CT molecular complexity index is 413. The molecule has 0 saturated carbocycles. The SMILES string of the molecule is CCOc1ccc2c(c1)C(N)CC(CC)(CC)O2. The Hall–Kier alpha value is -1.22.